The quantitative estimate of drug-likeness (QED) is 0.417. The van der Waals surface area contributed by atoms with Crippen LogP contribution in [0.1, 0.15) is 16.7 Å². The molecule has 2 aromatic rings. The van der Waals surface area contributed by atoms with Crippen LogP contribution in [0.5, 0.6) is 17.2 Å². The van der Waals surface area contributed by atoms with Gasteiger partial charge in [-0.25, -0.2) is 0 Å². The largest absolute Gasteiger partial charge is 0.504 e. The van der Waals surface area contributed by atoms with E-state index >= 15 is 0 Å². The van der Waals surface area contributed by atoms with Crippen LogP contribution < -0.4 is 19.9 Å². The summed E-state index contributed by atoms with van der Waals surface area (Å²) in [5.74, 6) is 0.404. The van der Waals surface area contributed by atoms with Crippen LogP contribution in [-0.4, -0.2) is 30.2 Å². The first-order valence-electron chi connectivity index (χ1n) is 8.61. The molecule has 0 unspecified atom stereocenters. The van der Waals surface area contributed by atoms with Gasteiger partial charge >= 0.3 is 0 Å². The van der Waals surface area contributed by atoms with Crippen LogP contribution in [0.15, 0.2) is 59.5 Å². The molecule has 7 nitrogen and oxygen atoms in total. The number of aryl methyl sites for hydroxylation is 2. The highest BCUT2D eigenvalue weighted by Crippen LogP contribution is 2.38. The molecule has 0 fully saturated rings. The first-order chi connectivity index (χ1) is 13.4. The Balaban J connectivity index is 2.03. The van der Waals surface area contributed by atoms with Crippen LogP contribution in [-0.2, 0) is 0 Å². The van der Waals surface area contributed by atoms with E-state index in [0.29, 0.717) is 22.6 Å². The maximum absolute atomic E-state index is 10.2. The van der Waals surface area contributed by atoms with Crippen molar-refractivity contribution in [1.82, 2.24) is 5.43 Å². The summed E-state index contributed by atoms with van der Waals surface area (Å²) in [7, 11) is 2.90. The Hall–Kier alpha value is -3.61. The van der Waals surface area contributed by atoms with E-state index in [1.165, 1.54) is 25.8 Å². The fourth-order valence-corrected chi connectivity index (χ4v) is 3.20. The predicted molar refractivity (Wildman–Crippen MR) is 108 cm³/mol. The zero-order valence-electron chi connectivity index (χ0n) is 16.3. The van der Waals surface area contributed by atoms with E-state index in [2.05, 4.69) is 23.2 Å². The molecule has 3 N–H and O–H groups in total. The number of ether oxygens (including phenoxy) is 2. The Bertz CT molecular complexity index is 995. The van der Waals surface area contributed by atoms with Crippen LogP contribution in [0.3, 0.4) is 0 Å². The van der Waals surface area contributed by atoms with Gasteiger partial charge in [-0.15, -0.1) is 0 Å². The fraction of sp³-hybridized carbons (Fsp3) is 0.190. The zero-order valence-corrected chi connectivity index (χ0v) is 16.3. The molecule has 0 aliphatic carbocycles. The minimum Gasteiger partial charge on any atom is -0.504 e. The standard InChI is InChI=1S/C21H23N3O4/c1-12-6-7-17(13(2)8-12)24-11-16(14(3)22-24)20(23-26)15-9-18(25)21(28-5)19(10-15)27-4/h6-11,22,25-26H,3H2,1-2,4-5H3/b23-20-. The summed E-state index contributed by atoms with van der Waals surface area (Å²) in [5, 5.41) is 25.2. The number of aromatic hydroxyl groups is 1. The second-order valence-corrected chi connectivity index (χ2v) is 6.47. The maximum atomic E-state index is 10.2. The predicted octanol–water partition coefficient (Wildman–Crippen LogP) is 3.63. The number of rotatable bonds is 5. The molecule has 0 spiro atoms. The summed E-state index contributed by atoms with van der Waals surface area (Å²) in [5.41, 5.74) is 8.20. The third-order valence-corrected chi connectivity index (χ3v) is 4.54. The number of anilines is 1. The average Bonchev–Trinajstić information content (AvgIpc) is 3.03. The second kappa shape index (κ2) is 7.56. The second-order valence-electron chi connectivity index (χ2n) is 6.47. The highest BCUT2D eigenvalue weighted by atomic mass is 16.5. The topological polar surface area (TPSA) is 86.6 Å². The molecule has 3 rings (SSSR count). The minimum absolute atomic E-state index is 0.124. The number of oxime groups is 1. The van der Waals surface area contributed by atoms with Crippen molar-refractivity contribution in [2.45, 2.75) is 13.8 Å². The van der Waals surface area contributed by atoms with Gasteiger partial charge in [0.15, 0.2) is 11.5 Å². The van der Waals surface area contributed by atoms with Gasteiger partial charge in [-0.05, 0) is 37.6 Å². The van der Waals surface area contributed by atoms with Crippen LogP contribution in [0.4, 0.5) is 5.69 Å². The SMILES string of the molecule is C=C1NN(c2ccc(C)cc2C)C=C1/C(=N\O)c1cc(O)c(OC)c(OC)c1. The van der Waals surface area contributed by atoms with Gasteiger partial charge in [0.1, 0.15) is 5.71 Å². The number of nitrogens with zero attached hydrogens (tertiary/aromatic N) is 2. The summed E-state index contributed by atoms with van der Waals surface area (Å²) in [6.07, 6.45) is 1.79. The highest BCUT2D eigenvalue weighted by Gasteiger charge is 2.25. The lowest BCUT2D eigenvalue weighted by atomic mass is 10.0. The molecule has 0 atom stereocenters. The number of hydrazine groups is 1. The molecule has 1 aliphatic rings. The van der Waals surface area contributed by atoms with E-state index in [1.54, 1.807) is 12.3 Å². The molecule has 0 amide bonds. The number of methoxy groups -OCH3 is 2. The number of benzene rings is 2. The van der Waals surface area contributed by atoms with Crippen molar-refractivity contribution in [3.8, 4) is 17.2 Å². The van der Waals surface area contributed by atoms with Gasteiger partial charge in [0.25, 0.3) is 0 Å². The molecule has 0 bridgehead atoms. The summed E-state index contributed by atoms with van der Waals surface area (Å²) < 4.78 is 10.4. The molecule has 0 aromatic heterocycles. The summed E-state index contributed by atoms with van der Waals surface area (Å²) in [6.45, 7) is 8.08. The smallest absolute Gasteiger partial charge is 0.203 e. The average molecular weight is 381 g/mol. The molecule has 0 saturated heterocycles. The molecule has 146 valence electrons. The van der Waals surface area contributed by atoms with Crippen molar-refractivity contribution in [3.05, 3.63) is 71.1 Å². The van der Waals surface area contributed by atoms with Gasteiger partial charge in [-0.3, -0.25) is 10.4 Å². The van der Waals surface area contributed by atoms with Crippen LogP contribution in [0.25, 0.3) is 0 Å². The third kappa shape index (κ3) is 3.34. The Labute approximate surface area is 163 Å². The lowest BCUT2D eigenvalue weighted by molar-refractivity contribution is 0.319. The molecular weight excluding hydrogens is 358 g/mol. The van der Waals surface area contributed by atoms with Crippen molar-refractivity contribution in [3.63, 3.8) is 0 Å². The molecular formula is C21H23N3O4. The van der Waals surface area contributed by atoms with E-state index in [-0.39, 0.29) is 17.2 Å². The van der Waals surface area contributed by atoms with Crippen molar-refractivity contribution in [2.24, 2.45) is 5.16 Å². The van der Waals surface area contributed by atoms with E-state index in [4.69, 9.17) is 9.47 Å². The normalized spacial score (nSPS) is 14.0. The molecule has 0 saturated carbocycles. The molecule has 0 radical (unpaired) electrons. The third-order valence-electron chi connectivity index (χ3n) is 4.54. The number of nitrogens with one attached hydrogen (secondary N) is 1. The van der Waals surface area contributed by atoms with Gasteiger partial charge in [-0.1, -0.05) is 29.4 Å². The number of phenols is 1. The lowest BCUT2D eigenvalue weighted by Gasteiger charge is -2.19. The van der Waals surface area contributed by atoms with E-state index in [0.717, 1.165) is 11.3 Å². The molecule has 7 heteroatoms. The van der Waals surface area contributed by atoms with Crippen LogP contribution in [0, 0.1) is 13.8 Å². The van der Waals surface area contributed by atoms with Crippen LogP contribution in [0.2, 0.25) is 0 Å². The van der Waals surface area contributed by atoms with E-state index in [1.807, 2.05) is 31.0 Å². The first-order valence-corrected chi connectivity index (χ1v) is 8.61. The Morgan fingerprint density at radius 1 is 1.14 bits per heavy atom. The van der Waals surface area contributed by atoms with Crippen molar-refractivity contribution >= 4 is 11.4 Å². The fourth-order valence-electron chi connectivity index (χ4n) is 3.20. The maximum Gasteiger partial charge on any atom is 0.203 e. The number of hydrogen-bond donors (Lipinski definition) is 3. The molecule has 2 aromatic carbocycles. The van der Waals surface area contributed by atoms with Gasteiger partial charge in [0.05, 0.1) is 25.6 Å². The van der Waals surface area contributed by atoms with Crippen molar-refractivity contribution in [2.75, 3.05) is 19.2 Å². The molecule has 28 heavy (non-hydrogen) atoms. The molecule has 1 aliphatic heterocycles. The summed E-state index contributed by atoms with van der Waals surface area (Å²) >= 11 is 0. The minimum atomic E-state index is -0.124. The number of phenolic OH excluding ortho intramolecular Hbond substituents is 1. The zero-order chi connectivity index (χ0) is 20.4. The lowest BCUT2D eigenvalue weighted by Crippen LogP contribution is -2.27. The van der Waals surface area contributed by atoms with Gasteiger partial charge < -0.3 is 19.8 Å². The van der Waals surface area contributed by atoms with Crippen molar-refractivity contribution in [1.29, 1.82) is 0 Å². The summed E-state index contributed by atoms with van der Waals surface area (Å²) in [4.78, 5) is 0. The van der Waals surface area contributed by atoms with Gasteiger partial charge in [0, 0.05) is 17.3 Å². The number of allylic oxidation sites excluding steroid dienone is 1. The Morgan fingerprint density at radius 2 is 1.89 bits per heavy atom. The van der Waals surface area contributed by atoms with Crippen molar-refractivity contribution < 1.29 is 19.8 Å². The van der Waals surface area contributed by atoms with E-state index in [9.17, 15) is 10.3 Å². The van der Waals surface area contributed by atoms with Crippen LogP contribution >= 0.6 is 0 Å². The van der Waals surface area contributed by atoms with E-state index < -0.39 is 0 Å². The van der Waals surface area contributed by atoms with Gasteiger partial charge in [0.2, 0.25) is 5.75 Å². The summed E-state index contributed by atoms with van der Waals surface area (Å²) in [6, 6.07) is 9.18. The molecule has 1 heterocycles. The highest BCUT2D eigenvalue weighted by molar-refractivity contribution is 6.16. The number of hydrogen-bond acceptors (Lipinski definition) is 7. The first kappa shape index (κ1) is 19.2. The Morgan fingerprint density at radius 3 is 2.50 bits per heavy atom. The Kier molecular flexibility index (Phi) is 5.17. The van der Waals surface area contributed by atoms with Gasteiger partial charge in [-0.2, -0.15) is 0 Å². The monoisotopic (exact) mass is 381 g/mol.